The van der Waals surface area contributed by atoms with Crippen LogP contribution in [0.1, 0.15) is 12.8 Å². The minimum atomic E-state index is -0.0192. The molecule has 2 unspecified atom stereocenters. The van der Waals surface area contributed by atoms with Crippen LogP contribution in [0, 0.1) is 6.57 Å². The van der Waals surface area contributed by atoms with E-state index in [1.54, 1.807) is 17.5 Å². The minimum Gasteiger partial charge on any atom is -0.426 e. The van der Waals surface area contributed by atoms with Gasteiger partial charge in [-0.05, 0) is 18.9 Å². The van der Waals surface area contributed by atoms with E-state index >= 15 is 0 Å². The molecule has 0 aliphatic carbocycles. The van der Waals surface area contributed by atoms with Gasteiger partial charge in [-0.2, -0.15) is 4.98 Å². The molecule has 5 rings (SSSR count). The molecule has 2 aliphatic heterocycles. The number of hydrogen-bond acceptors (Lipinski definition) is 7. The van der Waals surface area contributed by atoms with Gasteiger partial charge in [0.2, 0.25) is 0 Å². The number of nitrogens with one attached hydrogen (secondary N) is 1. The van der Waals surface area contributed by atoms with Crippen molar-refractivity contribution in [3.05, 3.63) is 35.1 Å². The quantitative estimate of drug-likeness (QED) is 0.715. The smallest absolute Gasteiger partial charge is 0.357 e. The monoisotopic (exact) mass is 367 g/mol. The first-order chi connectivity index (χ1) is 12.8. The second kappa shape index (κ2) is 6.27. The van der Waals surface area contributed by atoms with Crippen molar-refractivity contribution in [1.29, 1.82) is 0 Å². The first-order valence-corrected chi connectivity index (χ1v) is 9.49. The fourth-order valence-corrected chi connectivity index (χ4v) is 4.44. The van der Waals surface area contributed by atoms with Crippen LogP contribution in [0.4, 0.5) is 6.01 Å². The lowest BCUT2D eigenvalue weighted by atomic mass is 10.2. The van der Waals surface area contributed by atoms with Gasteiger partial charge in [0.1, 0.15) is 16.3 Å². The standard InChI is InChI=1S/C18H17N5O2S/c1-19-10-24-13-6-14(17-20-4-5-26-17)16-15(7-13)22-18(25-16)23-8-11-2-3-12(9-23)21-11/h4-7,11-12,21H,2-3,8-10H2. The van der Waals surface area contributed by atoms with Gasteiger partial charge in [-0.15, -0.1) is 11.3 Å². The number of anilines is 1. The van der Waals surface area contributed by atoms with Crippen LogP contribution in [0.2, 0.25) is 0 Å². The third-order valence-electron chi connectivity index (χ3n) is 4.90. The lowest BCUT2D eigenvalue weighted by Gasteiger charge is -2.31. The Morgan fingerprint density at radius 3 is 2.92 bits per heavy atom. The van der Waals surface area contributed by atoms with E-state index in [4.69, 9.17) is 20.7 Å². The van der Waals surface area contributed by atoms with Gasteiger partial charge in [0, 0.05) is 42.8 Å². The van der Waals surface area contributed by atoms with Crippen molar-refractivity contribution in [2.45, 2.75) is 24.9 Å². The highest BCUT2D eigenvalue weighted by molar-refractivity contribution is 7.13. The molecule has 26 heavy (non-hydrogen) atoms. The van der Waals surface area contributed by atoms with Crippen LogP contribution in [0.5, 0.6) is 5.75 Å². The SMILES string of the molecule is [C-]#[N+]COc1cc(-c2nccs2)c2oc(N3CC4CCC(C3)N4)nc2c1. The molecule has 2 aromatic heterocycles. The maximum absolute atomic E-state index is 6.93. The summed E-state index contributed by atoms with van der Waals surface area (Å²) in [4.78, 5) is 14.6. The molecule has 2 bridgehead atoms. The first kappa shape index (κ1) is 15.6. The summed E-state index contributed by atoms with van der Waals surface area (Å²) in [6, 6.07) is 5.39. The number of benzene rings is 1. The van der Waals surface area contributed by atoms with Gasteiger partial charge in [0.25, 0.3) is 6.01 Å². The van der Waals surface area contributed by atoms with Gasteiger partial charge in [-0.1, -0.05) is 0 Å². The third kappa shape index (κ3) is 2.69. The highest BCUT2D eigenvalue weighted by atomic mass is 32.1. The number of ether oxygens (including phenoxy) is 1. The number of oxazole rings is 1. The summed E-state index contributed by atoms with van der Waals surface area (Å²) in [5.74, 6) is 0.610. The van der Waals surface area contributed by atoms with Crippen molar-refractivity contribution in [2.75, 3.05) is 24.7 Å². The molecule has 1 N–H and O–H groups in total. The number of rotatable bonds is 4. The Morgan fingerprint density at radius 2 is 2.19 bits per heavy atom. The molecule has 0 saturated carbocycles. The van der Waals surface area contributed by atoms with Gasteiger partial charge in [-0.25, -0.2) is 11.6 Å². The van der Waals surface area contributed by atoms with E-state index in [1.165, 1.54) is 12.8 Å². The largest absolute Gasteiger partial charge is 0.426 e. The second-order valence-electron chi connectivity index (χ2n) is 6.63. The van der Waals surface area contributed by atoms with Gasteiger partial charge in [0.15, 0.2) is 5.58 Å². The van der Waals surface area contributed by atoms with E-state index in [-0.39, 0.29) is 6.73 Å². The summed E-state index contributed by atoms with van der Waals surface area (Å²) in [5.41, 5.74) is 2.31. The lowest BCUT2D eigenvalue weighted by molar-refractivity contribution is 0.361. The molecule has 0 radical (unpaired) electrons. The Kier molecular flexibility index (Phi) is 3.76. The van der Waals surface area contributed by atoms with Crippen molar-refractivity contribution < 1.29 is 9.15 Å². The molecule has 8 heteroatoms. The second-order valence-corrected chi connectivity index (χ2v) is 7.52. The topological polar surface area (TPSA) is 67.8 Å². The maximum Gasteiger partial charge on any atom is 0.357 e. The van der Waals surface area contributed by atoms with Gasteiger partial charge in [-0.3, -0.25) is 4.85 Å². The molecule has 2 atom stereocenters. The molecule has 2 aliphatic rings. The normalized spacial score (nSPS) is 21.9. The predicted octanol–water partition coefficient (Wildman–Crippen LogP) is 3.15. The van der Waals surface area contributed by atoms with Crippen LogP contribution in [-0.2, 0) is 0 Å². The summed E-state index contributed by atoms with van der Waals surface area (Å²) in [6.45, 7) is 8.74. The third-order valence-corrected chi connectivity index (χ3v) is 5.70. The molecule has 2 saturated heterocycles. The van der Waals surface area contributed by atoms with E-state index in [0.29, 0.717) is 23.8 Å². The summed E-state index contributed by atoms with van der Waals surface area (Å²) in [7, 11) is 0. The van der Waals surface area contributed by atoms with Crippen LogP contribution in [0.3, 0.4) is 0 Å². The van der Waals surface area contributed by atoms with Crippen molar-refractivity contribution in [2.24, 2.45) is 0 Å². The number of piperazine rings is 1. The summed E-state index contributed by atoms with van der Waals surface area (Å²) in [5, 5.41) is 6.40. The van der Waals surface area contributed by atoms with Crippen LogP contribution in [0.25, 0.3) is 26.5 Å². The maximum atomic E-state index is 6.93. The minimum absolute atomic E-state index is 0.0192. The number of nitrogens with zero attached hydrogens (tertiary/aromatic N) is 4. The molecule has 1 aromatic carbocycles. The molecule has 0 amide bonds. The molecule has 3 aromatic rings. The number of hydrogen-bond donors (Lipinski definition) is 1. The zero-order valence-electron chi connectivity index (χ0n) is 14.0. The Morgan fingerprint density at radius 1 is 1.35 bits per heavy atom. The lowest BCUT2D eigenvalue weighted by Crippen LogP contribution is -2.51. The number of fused-ring (bicyclic) bond motifs is 3. The zero-order valence-corrected chi connectivity index (χ0v) is 14.8. The fraction of sp³-hybridized carbons (Fsp3) is 0.389. The Hall–Kier alpha value is -2.63. The highest BCUT2D eigenvalue weighted by Crippen LogP contribution is 2.37. The van der Waals surface area contributed by atoms with Crippen LogP contribution in [0.15, 0.2) is 28.1 Å². The fourth-order valence-electron chi connectivity index (χ4n) is 3.79. The molecule has 132 valence electrons. The van der Waals surface area contributed by atoms with Crippen molar-refractivity contribution >= 4 is 28.5 Å². The van der Waals surface area contributed by atoms with Crippen LogP contribution in [-0.4, -0.2) is 41.9 Å². The van der Waals surface area contributed by atoms with E-state index in [1.807, 2.05) is 17.5 Å². The number of aromatic nitrogens is 2. The summed E-state index contributed by atoms with van der Waals surface area (Å²) >= 11 is 1.54. The molecule has 2 fully saturated rings. The Bertz CT molecular complexity index is 966. The van der Waals surface area contributed by atoms with Gasteiger partial charge >= 0.3 is 6.73 Å². The number of thiazole rings is 1. The molecule has 4 heterocycles. The molecular weight excluding hydrogens is 350 g/mol. The van der Waals surface area contributed by atoms with E-state index in [2.05, 4.69) is 20.0 Å². The van der Waals surface area contributed by atoms with Crippen LogP contribution >= 0.6 is 11.3 Å². The van der Waals surface area contributed by atoms with Crippen molar-refractivity contribution in [3.63, 3.8) is 0 Å². The van der Waals surface area contributed by atoms with Gasteiger partial charge < -0.3 is 19.4 Å². The first-order valence-electron chi connectivity index (χ1n) is 8.61. The summed E-state index contributed by atoms with van der Waals surface area (Å²) in [6.07, 6.45) is 4.19. The Labute approximate surface area is 154 Å². The molecular formula is C18H17N5O2S. The highest BCUT2D eigenvalue weighted by Gasteiger charge is 2.34. The molecule has 0 spiro atoms. The molecule has 7 nitrogen and oxygen atoms in total. The van der Waals surface area contributed by atoms with Crippen LogP contribution < -0.4 is 15.0 Å². The van der Waals surface area contributed by atoms with Crippen molar-refractivity contribution in [3.8, 4) is 16.3 Å². The van der Waals surface area contributed by atoms with E-state index in [9.17, 15) is 0 Å². The van der Waals surface area contributed by atoms with E-state index in [0.717, 1.165) is 34.8 Å². The summed E-state index contributed by atoms with van der Waals surface area (Å²) < 4.78 is 11.7. The zero-order chi connectivity index (χ0) is 17.5. The van der Waals surface area contributed by atoms with E-state index < -0.39 is 0 Å². The van der Waals surface area contributed by atoms with Gasteiger partial charge in [0.05, 0.1) is 5.56 Å². The van der Waals surface area contributed by atoms with Crippen molar-refractivity contribution in [1.82, 2.24) is 15.3 Å². The predicted molar refractivity (Wildman–Crippen MR) is 99.4 cm³/mol. The average Bonchev–Trinajstić information content (AvgIpc) is 3.39. The average molecular weight is 367 g/mol. The Balaban J connectivity index is 1.58.